The van der Waals surface area contributed by atoms with Crippen LogP contribution in [0.15, 0.2) is 24.3 Å². The summed E-state index contributed by atoms with van der Waals surface area (Å²) in [6.45, 7) is 0. The van der Waals surface area contributed by atoms with Gasteiger partial charge in [0.1, 0.15) is 5.82 Å². The van der Waals surface area contributed by atoms with Gasteiger partial charge in [-0.15, -0.1) is 0 Å². The van der Waals surface area contributed by atoms with Gasteiger partial charge in [0.25, 0.3) is 0 Å². The second-order valence-electron chi connectivity index (χ2n) is 2.89. The third-order valence-corrected chi connectivity index (χ3v) is 1.66. The van der Waals surface area contributed by atoms with Crippen LogP contribution >= 0.6 is 0 Å². The van der Waals surface area contributed by atoms with Crippen LogP contribution in [0.3, 0.4) is 0 Å². The lowest BCUT2D eigenvalue weighted by molar-refractivity contribution is -0.154. The molecule has 0 aliphatic rings. The molecular weight excluding hydrogens is 200 g/mol. The first kappa shape index (κ1) is 11.0. The zero-order valence-corrected chi connectivity index (χ0v) is 7.05. The van der Waals surface area contributed by atoms with Crippen molar-refractivity contribution in [1.29, 1.82) is 0 Å². The Bertz CT molecular complexity index is 308. The molecule has 1 aromatic rings. The minimum absolute atomic E-state index is 0.0673. The fourth-order valence-corrected chi connectivity index (χ4v) is 1.05. The molecule has 0 heterocycles. The molecular formula is C9H8F4O. The lowest BCUT2D eigenvalue weighted by Crippen LogP contribution is -2.13. The molecule has 14 heavy (non-hydrogen) atoms. The van der Waals surface area contributed by atoms with Gasteiger partial charge in [-0.05, 0) is 17.7 Å². The SMILES string of the molecule is OC(CC(F)(F)F)c1cccc(F)c1. The summed E-state index contributed by atoms with van der Waals surface area (Å²) in [6.07, 6.45) is -7.52. The highest BCUT2D eigenvalue weighted by atomic mass is 19.4. The van der Waals surface area contributed by atoms with Crippen LogP contribution in [0, 0.1) is 5.82 Å². The molecule has 0 saturated carbocycles. The topological polar surface area (TPSA) is 20.2 Å². The third-order valence-electron chi connectivity index (χ3n) is 1.66. The van der Waals surface area contributed by atoms with Crippen molar-refractivity contribution in [1.82, 2.24) is 0 Å². The highest BCUT2D eigenvalue weighted by Crippen LogP contribution is 2.29. The molecule has 0 fully saturated rings. The predicted molar refractivity (Wildman–Crippen MR) is 42.0 cm³/mol. The van der Waals surface area contributed by atoms with E-state index >= 15 is 0 Å². The van der Waals surface area contributed by atoms with Gasteiger partial charge in [0, 0.05) is 0 Å². The van der Waals surface area contributed by atoms with Gasteiger partial charge < -0.3 is 5.11 Å². The molecule has 1 atom stereocenters. The summed E-state index contributed by atoms with van der Waals surface area (Å²) in [6, 6.07) is 4.49. The normalized spacial score (nSPS) is 14.1. The molecule has 0 bridgehead atoms. The fraction of sp³-hybridized carbons (Fsp3) is 0.333. The fourth-order valence-electron chi connectivity index (χ4n) is 1.05. The summed E-state index contributed by atoms with van der Waals surface area (Å²) >= 11 is 0. The van der Waals surface area contributed by atoms with Crippen molar-refractivity contribution in [3.8, 4) is 0 Å². The van der Waals surface area contributed by atoms with Crippen LogP contribution in [-0.2, 0) is 0 Å². The summed E-state index contributed by atoms with van der Waals surface area (Å²) in [5.74, 6) is -0.663. The molecule has 0 spiro atoms. The van der Waals surface area contributed by atoms with Gasteiger partial charge >= 0.3 is 6.18 Å². The number of alkyl halides is 3. The Kier molecular flexibility index (Phi) is 3.10. The van der Waals surface area contributed by atoms with Gasteiger partial charge in [0.2, 0.25) is 0 Å². The van der Waals surface area contributed by atoms with Crippen molar-refractivity contribution in [3.05, 3.63) is 35.6 Å². The van der Waals surface area contributed by atoms with E-state index in [-0.39, 0.29) is 5.56 Å². The Labute approximate surface area is 78.0 Å². The van der Waals surface area contributed by atoms with Gasteiger partial charge in [-0.3, -0.25) is 0 Å². The maximum Gasteiger partial charge on any atom is 0.391 e. The first-order chi connectivity index (χ1) is 6.38. The second kappa shape index (κ2) is 3.96. The molecule has 0 aliphatic heterocycles. The lowest BCUT2D eigenvalue weighted by atomic mass is 10.1. The summed E-state index contributed by atoms with van der Waals surface area (Å²) in [7, 11) is 0. The van der Waals surface area contributed by atoms with E-state index in [9.17, 15) is 17.6 Å². The number of rotatable bonds is 2. The van der Waals surface area contributed by atoms with Crippen LogP contribution in [0.25, 0.3) is 0 Å². The molecule has 1 N–H and O–H groups in total. The second-order valence-corrected chi connectivity index (χ2v) is 2.89. The van der Waals surface area contributed by atoms with E-state index in [1.807, 2.05) is 0 Å². The number of aliphatic hydroxyl groups excluding tert-OH is 1. The van der Waals surface area contributed by atoms with E-state index in [0.717, 1.165) is 12.1 Å². The van der Waals surface area contributed by atoms with E-state index in [4.69, 9.17) is 5.11 Å². The molecule has 78 valence electrons. The molecule has 0 aromatic heterocycles. The van der Waals surface area contributed by atoms with Crippen LogP contribution in [0.1, 0.15) is 18.1 Å². The Hall–Kier alpha value is -1.10. The smallest absolute Gasteiger partial charge is 0.388 e. The van der Waals surface area contributed by atoms with E-state index in [1.54, 1.807) is 0 Å². The molecule has 1 nitrogen and oxygen atoms in total. The predicted octanol–water partition coefficient (Wildman–Crippen LogP) is 2.81. The van der Waals surface area contributed by atoms with Crippen molar-refractivity contribution in [2.75, 3.05) is 0 Å². The van der Waals surface area contributed by atoms with Crippen LogP contribution < -0.4 is 0 Å². The van der Waals surface area contributed by atoms with E-state index in [1.165, 1.54) is 12.1 Å². The zero-order chi connectivity index (χ0) is 10.8. The van der Waals surface area contributed by atoms with Crippen molar-refractivity contribution < 1.29 is 22.7 Å². The molecule has 1 aromatic carbocycles. The monoisotopic (exact) mass is 208 g/mol. The molecule has 0 radical (unpaired) electrons. The maximum absolute atomic E-state index is 12.6. The Morgan fingerprint density at radius 2 is 1.93 bits per heavy atom. The van der Waals surface area contributed by atoms with Crippen LogP contribution in [0.2, 0.25) is 0 Å². The van der Waals surface area contributed by atoms with Crippen molar-refractivity contribution >= 4 is 0 Å². The summed E-state index contributed by atoms with van der Waals surface area (Å²) in [4.78, 5) is 0. The highest BCUT2D eigenvalue weighted by Gasteiger charge is 2.31. The van der Waals surface area contributed by atoms with Crippen molar-refractivity contribution in [2.24, 2.45) is 0 Å². The van der Waals surface area contributed by atoms with Gasteiger partial charge in [0.15, 0.2) is 0 Å². The van der Waals surface area contributed by atoms with Crippen LogP contribution in [0.5, 0.6) is 0 Å². The van der Waals surface area contributed by atoms with Crippen LogP contribution in [-0.4, -0.2) is 11.3 Å². The standard InChI is InChI=1S/C9H8F4O/c10-7-3-1-2-6(4-7)8(14)5-9(11,12)13/h1-4,8,14H,5H2. The third kappa shape index (κ3) is 3.33. The Morgan fingerprint density at radius 3 is 2.43 bits per heavy atom. The number of hydrogen-bond donors (Lipinski definition) is 1. The lowest BCUT2D eigenvalue weighted by Gasteiger charge is -2.13. The van der Waals surface area contributed by atoms with E-state index in [2.05, 4.69) is 0 Å². The summed E-state index contributed by atoms with van der Waals surface area (Å²) < 4.78 is 48.1. The Morgan fingerprint density at radius 1 is 1.29 bits per heavy atom. The quantitative estimate of drug-likeness (QED) is 0.741. The minimum Gasteiger partial charge on any atom is -0.388 e. The first-order valence-electron chi connectivity index (χ1n) is 3.89. The molecule has 0 saturated heterocycles. The van der Waals surface area contributed by atoms with Gasteiger partial charge in [0.05, 0.1) is 12.5 Å². The summed E-state index contributed by atoms with van der Waals surface area (Å²) in [5.41, 5.74) is -0.0673. The van der Waals surface area contributed by atoms with Gasteiger partial charge in [-0.25, -0.2) is 4.39 Å². The summed E-state index contributed by atoms with van der Waals surface area (Å²) in [5, 5.41) is 9.09. The number of halogens is 4. The molecule has 1 unspecified atom stereocenters. The zero-order valence-electron chi connectivity index (χ0n) is 7.05. The van der Waals surface area contributed by atoms with Crippen molar-refractivity contribution in [3.63, 3.8) is 0 Å². The van der Waals surface area contributed by atoms with Crippen LogP contribution in [0.4, 0.5) is 17.6 Å². The average Bonchev–Trinajstić information content (AvgIpc) is 2.01. The number of benzene rings is 1. The number of hydrogen-bond acceptors (Lipinski definition) is 1. The largest absolute Gasteiger partial charge is 0.391 e. The van der Waals surface area contributed by atoms with E-state index < -0.39 is 24.5 Å². The van der Waals surface area contributed by atoms with Gasteiger partial charge in [-0.2, -0.15) is 13.2 Å². The maximum atomic E-state index is 12.6. The molecule has 1 rings (SSSR count). The molecule has 0 aliphatic carbocycles. The van der Waals surface area contributed by atoms with E-state index in [0.29, 0.717) is 0 Å². The number of aliphatic hydroxyl groups is 1. The van der Waals surface area contributed by atoms with Crippen molar-refractivity contribution in [2.45, 2.75) is 18.7 Å². The Balaban J connectivity index is 2.74. The minimum atomic E-state index is -4.45. The molecule has 5 heteroatoms. The highest BCUT2D eigenvalue weighted by molar-refractivity contribution is 5.18. The first-order valence-corrected chi connectivity index (χ1v) is 3.89. The molecule has 0 amide bonds. The average molecular weight is 208 g/mol. The van der Waals surface area contributed by atoms with Gasteiger partial charge in [-0.1, -0.05) is 12.1 Å².